The highest BCUT2D eigenvalue weighted by Gasteiger charge is 2.64. The lowest BCUT2D eigenvalue weighted by molar-refractivity contribution is -0.0922. The minimum atomic E-state index is -0.202. The zero-order valence-electron chi connectivity index (χ0n) is 32.4. The highest BCUT2D eigenvalue weighted by atomic mass is 16.1. The Balaban J connectivity index is 1.17. The average molecular weight is 740 g/mol. The molecule has 0 N–H and O–H groups in total. The quantitative estimate of drug-likeness (QED) is 0.134. The maximum absolute atomic E-state index is 15.4. The van der Waals surface area contributed by atoms with Crippen molar-refractivity contribution in [2.24, 2.45) is 41.4 Å². The Morgan fingerprint density at radius 1 is 0.544 bits per heavy atom. The minimum Gasteiger partial charge on any atom is -0.307 e. The van der Waals surface area contributed by atoms with Crippen molar-refractivity contribution in [3.63, 3.8) is 0 Å². The Kier molecular flexibility index (Phi) is 6.58. The van der Waals surface area contributed by atoms with E-state index < -0.39 is 0 Å². The molecule has 4 bridgehead atoms. The van der Waals surface area contributed by atoms with Gasteiger partial charge in [0.2, 0.25) is 0 Å². The summed E-state index contributed by atoms with van der Waals surface area (Å²) < 4.78 is 2.41. The lowest BCUT2D eigenvalue weighted by Crippen LogP contribution is -2.60. The lowest BCUT2D eigenvalue weighted by atomic mass is 9.40. The van der Waals surface area contributed by atoms with Crippen LogP contribution >= 0.6 is 0 Å². The van der Waals surface area contributed by atoms with Gasteiger partial charge in [-0.25, -0.2) is 0 Å². The Labute approximate surface area is 332 Å². The smallest absolute Gasteiger partial charge is 0.197 e. The molecule has 6 aromatic carbocycles. The molecule has 3 heteroatoms. The van der Waals surface area contributed by atoms with Crippen molar-refractivity contribution >= 4 is 38.1 Å². The van der Waals surface area contributed by atoms with Crippen molar-refractivity contribution in [2.75, 3.05) is 0 Å². The van der Waals surface area contributed by atoms with E-state index in [1.165, 1.54) is 56.1 Å². The summed E-state index contributed by atoms with van der Waals surface area (Å²) in [4.78, 5) is 30.8. The molecule has 4 fully saturated rings. The Morgan fingerprint density at radius 3 is 1.75 bits per heavy atom. The molecule has 5 aliphatic rings. The van der Waals surface area contributed by atoms with Crippen molar-refractivity contribution in [2.45, 2.75) is 57.3 Å². The van der Waals surface area contributed by atoms with Gasteiger partial charge < -0.3 is 4.40 Å². The van der Waals surface area contributed by atoms with Gasteiger partial charge in [-0.3, -0.25) is 9.59 Å². The number of para-hydroxylation sites is 2. The van der Waals surface area contributed by atoms with Crippen molar-refractivity contribution < 1.29 is 0 Å². The molecule has 57 heavy (non-hydrogen) atoms. The van der Waals surface area contributed by atoms with Gasteiger partial charge in [0.15, 0.2) is 10.9 Å². The molecular formula is C54H45NO2. The zero-order valence-corrected chi connectivity index (χ0v) is 32.4. The average Bonchev–Trinajstić information content (AvgIpc) is 3.39. The van der Waals surface area contributed by atoms with Crippen molar-refractivity contribution in [3.8, 4) is 33.4 Å². The number of rotatable bonds is 3. The molecule has 0 amide bonds. The second-order valence-corrected chi connectivity index (χ2v) is 18.7. The van der Waals surface area contributed by atoms with Crippen LogP contribution in [0.4, 0.5) is 0 Å². The van der Waals surface area contributed by atoms with Crippen LogP contribution in [0.25, 0.3) is 71.5 Å². The van der Waals surface area contributed by atoms with Crippen LogP contribution in [0.15, 0.2) is 137 Å². The van der Waals surface area contributed by atoms with E-state index >= 15 is 9.59 Å². The second-order valence-electron chi connectivity index (χ2n) is 18.7. The third kappa shape index (κ3) is 4.08. The minimum absolute atomic E-state index is 0.0390. The molecule has 278 valence electrons. The molecule has 2 aromatic heterocycles. The van der Waals surface area contributed by atoms with Crippen molar-refractivity contribution in [1.29, 1.82) is 0 Å². The Hall–Kier alpha value is -5.54. The Morgan fingerprint density at radius 2 is 1.14 bits per heavy atom. The molecular weight excluding hydrogens is 695 g/mol. The number of nitrogens with zero attached hydrogens (tertiary/aromatic N) is 1. The summed E-state index contributed by atoms with van der Waals surface area (Å²) in [5.41, 5.74) is 11.8. The third-order valence-corrected chi connectivity index (χ3v) is 16.3. The molecule has 1 aliphatic heterocycles. The van der Waals surface area contributed by atoms with E-state index in [9.17, 15) is 0 Å². The van der Waals surface area contributed by atoms with E-state index in [0.717, 1.165) is 78.5 Å². The van der Waals surface area contributed by atoms with Crippen LogP contribution in [0.3, 0.4) is 0 Å². The molecule has 7 atom stereocenters. The SMILES string of the molecule is CC1CC2CC3CCCC4CC1C(C2)C3C41c2cccc3c(=O)c4cc(-c5c(-c6ccccc6)cccc5-c5ccccc5)cc5c(=O)c6cccc1c6n(c23)c45. The first kappa shape index (κ1) is 32.5. The van der Waals surface area contributed by atoms with Gasteiger partial charge in [0.25, 0.3) is 0 Å². The number of hydrogen-bond donors (Lipinski definition) is 0. The summed E-state index contributed by atoms with van der Waals surface area (Å²) in [5, 5.41) is 2.84. The van der Waals surface area contributed by atoms with Gasteiger partial charge in [0, 0.05) is 27.0 Å². The predicted octanol–water partition coefficient (Wildman–Crippen LogP) is 12.3. The van der Waals surface area contributed by atoms with Crippen LogP contribution in [-0.4, -0.2) is 4.40 Å². The summed E-state index contributed by atoms with van der Waals surface area (Å²) in [5.74, 6) is 4.78. The first-order valence-electron chi connectivity index (χ1n) is 21.6. The van der Waals surface area contributed by atoms with Gasteiger partial charge >= 0.3 is 0 Å². The van der Waals surface area contributed by atoms with Crippen LogP contribution in [-0.2, 0) is 5.41 Å². The fourth-order valence-electron chi connectivity index (χ4n) is 14.6. The van der Waals surface area contributed by atoms with Gasteiger partial charge in [-0.1, -0.05) is 123 Å². The van der Waals surface area contributed by atoms with Gasteiger partial charge in [0.05, 0.1) is 16.6 Å². The second kappa shape index (κ2) is 11.5. The van der Waals surface area contributed by atoms with Crippen molar-refractivity contribution in [1.82, 2.24) is 4.40 Å². The van der Waals surface area contributed by atoms with E-state index in [1.54, 1.807) is 0 Å². The molecule has 0 saturated heterocycles. The van der Waals surface area contributed by atoms with E-state index in [-0.39, 0.29) is 16.3 Å². The maximum Gasteiger partial charge on any atom is 0.197 e. The summed E-state index contributed by atoms with van der Waals surface area (Å²) in [6.45, 7) is 2.55. The standard InChI is InChI=1S/C54H45NO2/c1-30-24-31-25-34-16-8-17-36-29-41(30)42(26-31)48(34)54(36)45-22-10-20-39-50(45)55-49-43(52(39)56)27-35(28-44(49)53(57)40-21-11-23-46(54)51(40)55)47-37(32-12-4-2-5-13-32)18-9-19-38(47)33-14-6-3-7-15-33/h2-7,9-15,18-23,27-28,30-31,34,36,41-42,48H,8,16-17,24-26,29H2,1H3. The molecule has 7 unspecified atom stereocenters. The fourth-order valence-corrected chi connectivity index (χ4v) is 14.6. The first-order valence-corrected chi connectivity index (χ1v) is 21.6. The predicted molar refractivity (Wildman–Crippen MR) is 233 cm³/mol. The summed E-state index contributed by atoms with van der Waals surface area (Å²) in [6, 6.07) is 45.0. The molecule has 3 nitrogen and oxygen atoms in total. The molecule has 4 saturated carbocycles. The summed E-state index contributed by atoms with van der Waals surface area (Å²) in [6.07, 6.45) is 9.15. The van der Waals surface area contributed by atoms with Crippen molar-refractivity contribution in [3.05, 3.63) is 159 Å². The van der Waals surface area contributed by atoms with Crippen LogP contribution in [0.1, 0.15) is 63.0 Å². The zero-order chi connectivity index (χ0) is 37.7. The summed E-state index contributed by atoms with van der Waals surface area (Å²) >= 11 is 0. The molecule has 13 rings (SSSR count). The van der Waals surface area contributed by atoms with E-state index in [2.05, 4.69) is 127 Å². The molecule has 1 spiro atoms. The largest absolute Gasteiger partial charge is 0.307 e. The third-order valence-electron chi connectivity index (χ3n) is 16.3. The van der Waals surface area contributed by atoms with Crippen LogP contribution in [0.2, 0.25) is 0 Å². The van der Waals surface area contributed by atoms with Gasteiger partial charge in [-0.2, -0.15) is 0 Å². The topological polar surface area (TPSA) is 38.5 Å². The number of pyridine rings is 2. The normalized spacial score (nSPS) is 26.6. The van der Waals surface area contributed by atoms with Gasteiger partial charge in [-0.15, -0.1) is 0 Å². The molecule has 0 radical (unpaired) electrons. The van der Waals surface area contributed by atoms with Crippen LogP contribution in [0, 0.1) is 41.4 Å². The number of fused-ring (bicyclic) bond motifs is 1. The van der Waals surface area contributed by atoms with Crippen LogP contribution in [0.5, 0.6) is 0 Å². The summed E-state index contributed by atoms with van der Waals surface area (Å²) in [7, 11) is 0. The molecule has 4 aliphatic carbocycles. The lowest BCUT2D eigenvalue weighted by Gasteiger charge is -2.64. The van der Waals surface area contributed by atoms with E-state index in [1.807, 2.05) is 12.1 Å². The highest BCUT2D eigenvalue weighted by Crippen LogP contribution is 2.70. The molecule has 3 heterocycles. The van der Waals surface area contributed by atoms with Crippen LogP contribution < -0.4 is 10.9 Å². The maximum atomic E-state index is 15.4. The highest BCUT2D eigenvalue weighted by molar-refractivity contribution is 6.13. The van der Waals surface area contributed by atoms with Gasteiger partial charge in [-0.05, 0) is 142 Å². The number of hydrogen-bond acceptors (Lipinski definition) is 2. The molecule has 8 aromatic rings. The Bertz CT molecular complexity index is 2940. The number of benzene rings is 6. The van der Waals surface area contributed by atoms with E-state index in [0.29, 0.717) is 34.4 Å². The number of aromatic nitrogens is 1. The fraction of sp³-hybridized carbons (Fsp3) is 0.296. The van der Waals surface area contributed by atoms with E-state index in [4.69, 9.17) is 0 Å². The van der Waals surface area contributed by atoms with Gasteiger partial charge in [0.1, 0.15) is 0 Å². The monoisotopic (exact) mass is 739 g/mol. The first-order chi connectivity index (χ1) is 28.0.